The van der Waals surface area contributed by atoms with Crippen molar-refractivity contribution < 1.29 is 4.92 Å². The molecule has 37 heavy (non-hydrogen) atoms. The maximum Gasteiger partial charge on any atom is 0.342 e. The molecule has 2 fully saturated rings. The van der Waals surface area contributed by atoms with E-state index < -0.39 is 0 Å². The number of nitro groups is 1. The van der Waals surface area contributed by atoms with E-state index in [0.29, 0.717) is 67.5 Å². The van der Waals surface area contributed by atoms with Gasteiger partial charge in [-0.2, -0.15) is 0 Å². The molecule has 2 aliphatic carbocycles. The van der Waals surface area contributed by atoms with E-state index in [1.165, 1.54) is 10.8 Å². The minimum absolute atomic E-state index is 0.0235. The van der Waals surface area contributed by atoms with E-state index in [-0.39, 0.29) is 27.9 Å². The van der Waals surface area contributed by atoms with Crippen LogP contribution in [-0.4, -0.2) is 46.2 Å². The van der Waals surface area contributed by atoms with Crippen LogP contribution in [0.5, 0.6) is 0 Å². The zero-order valence-electron chi connectivity index (χ0n) is 21.8. The average Bonchev–Trinajstić information content (AvgIpc) is 3.53. The Morgan fingerprint density at radius 3 is 2.41 bits per heavy atom. The van der Waals surface area contributed by atoms with Crippen LogP contribution in [-0.2, 0) is 19.6 Å². The van der Waals surface area contributed by atoms with Crippen molar-refractivity contribution in [3.63, 3.8) is 0 Å². The number of hydrogen-bond donors (Lipinski definition) is 2. The number of aromatic nitrogens is 6. The maximum atomic E-state index is 13.1. The number of imidazole rings is 2. The van der Waals surface area contributed by atoms with Gasteiger partial charge in [-0.05, 0) is 55.3 Å². The predicted molar refractivity (Wildman–Crippen MR) is 139 cm³/mol. The summed E-state index contributed by atoms with van der Waals surface area (Å²) in [4.78, 5) is 49.3. The molecule has 3 aromatic heterocycles. The first-order valence-corrected chi connectivity index (χ1v) is 13.5. The van der Waals surface area contributed by atoms with Crippen molar-refractivity contribution in [1.82, 2.24) is 34.0 Å². The zero-order valence-corrected chi connectivity index (χ0v) is 21.8. The number of nitrogens with one attached hydrogen (secondary N) is 2. The summed E-state index contributed by atoms with van der Waals surface area (Å²) >= 11 is 0. The zero-order chi connectivity index (χ0) is 26.3. The summed E-state index contributed by atoms with van der Waals surface area (Å²) in [6, 6.07) is 0.364. The Labute approximate surface area is 214 Å². The van der Waals surface area contributed by atoms with Gasteiger partial charge in [0.15, 0.2) is 11.5 Å². The van der Waals surface area contributed by atoms with Crippen LogP contribution in [0.3, 0.4) is 0 Å². The second kappa shape index (κ2) is 10.2. The van der Waals surface area contributed by atoms with E-state index in [1.807, 2.05) is 13.8 Å². The van der Waals surface area contributed by atoms with Gasteiger partial charge in [-0.3, -0.25) is 13.9 Å². The summed E-state index contributed by atoms with van der Waals surface area (Å²) in [6.07, 6.45) is 6.99. The topological polar surface area (TPSA) is 146 Å². The van der Waals surface area contributed by atoms with Crippen LogP contribution in [0.1, 0.15) is 69.9 Å². The van der Waals surface area contributed by atoms with Crippen LogP contribution < -0.4 is 16.6 Å². The first kappa shape index (κ1) is 25.4. The third kappa shape index (κ3) is 4.51. The summed E-state index contributed by atoms with van der Waals surface area (Å²) < 4.78 is 4.62. The van der Waals surface area contributed by atoms with E-state index in [4.69, 9.17) is 4.98 Å². The Morgan fingerprint density at radius 2 is 1.76 bits per heavy atom. The Balaban J connectivity index is 1.33. The predicted octanol–water partition coefficient (Wildman–Crippen LogP) is 2.68. The number of fused-ring (bicyclic) bond motifs is 3. The molecule has 0 saturated heterocycles. The lowest BCUT2D eigenvalue weighted by atomic mass is 9.77. The van der Waals surface area contributed by atoms with Gasteiger partial charge in [0.25, 0.3) is 5.56 Å². The molecule has 3 aromatic rings. The van der Waals surface area contributed by atoms with E-state index in [2.05, 4.69) is 15.3 Å². The summed E-state index contributed by atoms with van der Waals surface area (Å²) in [5, 5.41) is 15.0. The molecule has 2 atom stereocenters. The van der Waals surface area contributed by atoms with Crippen LogP contribution in [0.4, 0.5) is 5.82 Å². The van der Waals surface area contributed by atoms with Gasteiger partial charge in [0.1, 0.15) is 24.1 Å². The lowest BCUT2D eigenvalue weighted by Gasteiger charge is -2.35. The summed E-state index contributed by atoms with van der Waals surface area (Å²) in [7, 11) is 0. The molecule has 0 spiro atoms. The maximum absolute atomic E-state index is 13.1. The Bertz CT molecular complexity index is 1400. The van der Waals surface area contributed by atoms with Crippen LogP contribution in [0.2, 0.25) is 0 Å². The molecule has 2 unspecified atom stereocenters. The molecule has 0 aliphatic heterocycles. The van der Waals surface area contributed by atoms with Crippen LogP contribution in [0.15, 0.2) is 15.8 Å². The summed E-state index contributed by atoms with van der Waals surface area (Å²) in [5.74, 6) is 2.64. The summed E-state index contributed by atoms with van der Waals surface area (Å²) in [6.45, 7) is 7.83. The van der Waals surface area contributed by atoms with Gasteiger partial charge in [-0.15, -0.1) is 0 Å². The smallest absolute Gasteiger partial charge is 0.342 e. The molecule has 0 radical (unpaired) electrons. The number of H-pyrrole nitrogens is 1. The highest BCUT2D eigenvalue weighted by Crippen LogP contribution is 2.48. The molecule has 2 bridgehead atoms. The molecule has 2 saturated carbocycles. The van der Waals surface area contributed by atoms with Crippen molar-refractivity contribution in [1.29, 1.82) is 0 Å². The van der Waals surface area contributed by atoms with Crippen molar-refractivity contribution >= 4 is 17.0 Å². The third-order valence-electron chi connectivity index (χ3n) is 8.20. The number of rotatable bonds is 10. The molecule has 3 heterocycles. The molecule has 200 valence electrons. The molecule has 5 rings (SSSR count). The van der Waals surface area contributed by atoms with E-state index in [1.54, 1.807) is 16.1 Å². The SMILES string of the molecule is CCCn1c(=O)c2[nH]c(C3CC4CCC(C3)C4NCCn3c([N+](=O)[O-])cnc3C)nc2n(CCC)c1=O. The number of hydrogen-bond acceptors (Lipinski definition) is 7. The van der Waals surface area contributed by atoms with Crippen LogP contribution in [0, 0.1) is 28.9 Å². The fourth-order valence-electron chi connectivity index (χ4n) is 6.53. The van der Waals surface area contributed by atoms with Crippen molar-refractivity contribution in [2.24, 2.45) is 11.8 Å². The summed E-state index contributed by atoms with van der Waals surface area (Å²) in [5.41, 5.74) is 0.348. The Morgan fingerprint density at radius 1 is 1.08 bits per heavy atom. The standard InChI is InChI=1S/C25H36N8O4/c1-4-9-31-23-21(24(34)32(10-5-2)25(31)35)28-22(29-23)18-12-16-6-7-17(13-18)20(16)26-8-11-30-15(3)27-14-19(30)33(36)37/h14,16-18,20,26H,4-13H2,1-3H3,(H,28,29). The monoisotopic (exact) mass is 512 g/mol. The first-order chi connectivity index (χ1) is 17.8. The first-order valence-electron chi connectivity index (χ1n) is 13.5. The van der Waals surface area contributed by atoms with Gasteiger partial charge in [-0.25, -0.2) is 19.3 Å². The Hall–Kier alpha value is -3.28. The van der Waals surface area contributed by atoms with Gasteiger partial charge in [0, 0.05) is 38.5 Å². The molecule has 12 nitrogen and oxygen atoms in total. The third-order valence-corrected chi connectivity index (χ3v) is 8.20. The van der Waals surface area contributed by atoms with Gasteiger partial charge < -0.3 is 20.4 Å². The van der Waals surface area contributed by atoms with Gasteiger partial charge >= 0.3 is 11.5 Å². The molecular weight excluding hydrogens is 476 g/mol. The second-order valence-corrected chi connectivity index (χ2v) is 10.5. The Kier molecular flexibility index (Phi) is 7.02. The highest BCUT2D eigenvalue weighted by atomic mass is 16.6. The van der Waals surface area contributed by atoms with Crippen molar-refractivity contribution in [2.45, 2.75) is 90.9 Å². The van der Waals surface area contributed by atoms with Gasteiger partial charge in [0.2, 0.25) is 0 Å². The number of aromatic amines is 1. The van der Waals surface area contributed by atoms with Gasteiger partial charge in [0.05, 0.1) is 0 Å². The van der Waals surface area contributed by atoms with E-state index >= 15 is 0 Å². The number of aryl methyl sites for hydroxylation is 2. The lowest BCUT2D eigenvalue weighted by Crippen LogP contribution is -2.43. The highest BCUT2D eigenvalue weighted by molar-refractivity contribution is 5.70. The minimum Gasteiger partial charge on any atom is -0.358 e. The van der Waals surface area contributed by atoms with Gasteiger partial charge in [-0.1, -0.05) is 13.8 Å². The molecule has 0 aromatic carbocycles. The average molecular weight is 513 g/mol. The fourth-order valence-corrected chi connectivity index (χ4v) is 6.53. The van der Waals surface area contributed by atoms with Crippen molar-refractivity contribution in [2.75, 3.05) is 6.54 Å². The largest absolute Gasteiger partial charge is 0.358 e. The normalized spacial score (nSPS) is 23.2. The molecular formula is C25H36N8O4. The van der Waals surface area contributed by atoms with E-state index in [9.17, 15) is 19.7 Å². The van der Waals surface area contributed by atoms with E-state index in [0.717, 1.165) is 37.9 Å². The minimum atomic E-state index is -0.390. The fraction of sp³-hybridized carbons (Fsp3) is 0.680. The van der Waals surface area contributed by atoms with Crippen LogP contribution >= 0.6 is 0 Å². The van der Waals surface area contributed by atoms with Crippen molar-refractivity contribution in [3.05, 3.63) is 48.8 Å². The van der Waals surface area contributed by atoms with Crippen LogP contribution in [0.25, 0.3) is 11.2 Å². The molecule has 12 heteroatoms. The quantitative estimate of drug-likeness (QED) is 0.314. The molecule has 2 N–H and O–H groups in total. The van der Waals surface area contributed by atoms with Crippen molar-refractivity contribution in [3.8, 4) is 0 Å². The second-order valence-electron chi connectivity index (χ2n) is 10.5. The highest BCUT2D eigenvalue weighted by Gasteiger charge is 2.43. The molecule has 0 amide bonds. The number of nitrogens with zero attached hydrogens (tertiary/aromatic N) is 6. The molecule has 2 aliphatic rings. The lowest BCUT2D eigenvalue weighted by molar-refractivity contribution is -0.392.